The van der Waals surface area contributed by atoms with Crippen LogP contribution in [0.1, 0.15) is 39.2 Å². The summed E-state index contributed by atoms with van der Waals surface area (Å²) in [6, 6.07) is 11.2. The van der Waals surface area contributed by atoms with E-state index in [0.717, 1.165) is 12.8 Å². The average Bonchev–Trinajstić information content (AvgIpc) is 3.54. The number of carbonyl (C=O) groups is 2. The van der Waals surface area contributed by atoms with Crippen molar-refractivity contribution in [3.63, 3.8) is 0 Å². The number of rotatable bonds is 11. The number of aliphatic hydroxyl groups is 4. The van der Waals surface area contributed by atoms with E-state index in [0.29, 0.717) is 18.7 Å². The molecule has 2 heterocycles. The second kappa shape index (κ2) is 14.9. The molecular weight excluding hydrogens is 626 g/mol. The number of aliphatic carboxylic acids is 1. The third kappa shape index (κ3) is 9.06. The van der Waals surface area contributed by atoms with Crippen molar-refractivity contribution in [2.75, 3.05) is 19.7 Å². The minimum absolute atomic E-state index is 0.0369. The Labute approximate surface area is 267 Å². The molecule has 46 heavy (non-hydrogen) atoms. The van der Waals surface area contributed by atoms with Crippen molar-refractivity contribution in [1.29, 1.82) is 0 Å². The van der Waals surface area contributed by atoms with Crippen LogP contribution in [0.3, 0.4) is 0 Å². The highest BCUT2D eigenvalue weighted by atomic mass is 32.2. The summed E-state index contributed by atoms with van der Waals surface area (Å²) in [7, 11) is -3.59. The van der Waals surface area contributed by atoms with Crippen molar-refractivity contribution in [2.24, 2.45) is 4.36 Å². The molecule has 2 aromatic carbocycles. The van der Waals surface area contributed by atoms with Gasteiger partial charge >= 0.3 is 12.1 Å². The number of amides is 1. The molecule has 0 radical (unpaired) electrons. The number of nitrogens with zero attached hydrogens (tertiary/aromatic N) is 2. The van der Waals surface area contributed by atoms with Crippen molar-refractivity contribution < 1.29 is 57.7 Å². The Bertz CT molecular complexity index is 1470. The van der Waals surface area contributed by atoms with Crippen molar-refractivity contribution in [1.82, 2.24) is 9.62 Å². The number of carbonyl (C=O) groups excluding carboxylic acids is 1. The molecule has 7 atom stereocenters. The molecule has 6 N–H and O–H groups in total. The predicted molar refractivity (Wildman–Crippen MR) is 163 cm³/mol. The van der Waals surface area contributed by atoms with E-state index in [9.17, 15) is 39.3 Å². The highest BCUT2D eigenvalue weighted by Gasteiger charge is 2.45. The number of carboxylic acid groups (broad SMARTS) is 1. The third-order valence-electron chi connectivity index (χ3n) is 7.12. The Kier molecular flexibility index (Phi) is 11.5. The van der Waals surface area contributed by atoms with E-state index in [-0.39, 0.29) is 23.6 Å². The zero-order valence-corrected chi connectivity index (χ0v) is 26.5. The lowest BCUT2D eigenvalue weighted by molar-refractivity contribution is -0.277. The molecule has 2 aromatic rings. The van der Waals surface area contributed by atoms with E-state index in [4.69, 9.17) is 18.4 Å². The standard InChI is InChI=1S/C30H41N3O12S/c1-30(2,3)44-29(40)31-21(27(38)39)16-18-10-12-19(13-11-18)45-46(41,33-14-6-7-15-33)32-20-8-4-5-9-22(20)42-28-26(37)25(36)24(35)23(17-34)43-28/h4-5,8-13,21,23-26,28,34-37H,6-7,14-17H2,1-3H3,(H,31,40)(H,38,39)/t21-,23+,24-,25-,26+,28+,46?/m0/s1. The number of nitrogens with one attached hydrogen (secondary N) is 1. The zero-order chi connectivity index (χ0) is 33.6. The number of benzene rings is 2. The number of para-hydroxylation sites is 1. The van der Waals surface area contributed by atoms with Gasteiger partial charge in [-0.1, -0.05) is 24.3 Å². The summed E-state index contributed by atoms with van der Waals surface area (Å²) >= 11 is 0. The van der Waals surface area contributed by atoms with Gasteiger partial charge < -0.3 is 49.2 Å². The van der Waals surface area contributed by atoms with Crippen molar-refractivity contribution in [3.8, 4) is 11.5 Å². The maximum absolute atomic E-state index is 14.4. The smallest absolute Gasteiger partial charge is 0.408 e. The molecular formula is C30H41N3O12S. The van der Waals surface area contributed by atoms with Crippen molar-refractivity contribution in [3.05, 3.63) is 54.1 Å². The van der Waals surface area contributed by atoms with Gasteiger partial charge in [0.05, 0.1) is 6.61 Å². The largest absolute Gasteiger partial charge is 0.480 e. The first-order valence-corrected chi connectivity index (χ1v) is 16.2. The van der Waals surface area contributed by atoms with Crippen molar-refractivity contribution >= 4 is 27.9 Å². The molecule has 0 bridgehead atoms. The molecule has 2 aliphatic rings. The van der Waals surface area contributed by atoms with Gasteiger partial charge in [0.2, 0.25) is 6.29 Å². The van der Waals surface area contributed by atoms with Crippen LogP contribution < -0.4 is 14.2 Å². The Morgan fingerprint density at radius 3 is 2.30 bits per heavy atom. The fraction of sp³-hybridized carbons (Fsp3) is 0.533. The summed E-state index contributed by atoms with van der Waals surface area (Å²) in [5.41, 5.74) is -0.157. The summed E-state index contributed by atoms with van der Waals surface area (Å²) < 4.78 is 42.8. The SMILES string of the molecule is CC(C)(C)OC(=O)N[C@@H](Cc1ccc(OS(=O)(=Nc2ccccc2O[C@@H]2O[C@H](CO)[C@H](O)[C@H](O)[C@H]2O)N2CCCC2)cc1)C(=O)O. The van der Waals surface area contributed by atoms with Gasteiger partial charge in [-0.05, 0) is 63.4 Å². The average molecular weight is 668 g/mol. The van der Waals surface area contributed by atoms with E-state index in [1.165, 1.54) is 24.3 Å². The molecule has 1 amide bonds. The highest BCUT2D eigenvalue weighted by molar-refractivity contribution is 7.87. The van der Waals surface area contributed by atoms with Gasteiger partial charge in [-0.3, -0.25) is 0 Å². The minimum atomic E-state index is -3.59. The lowest BCUT2D eigenvalue weighted by atomic mass is 9.99. The van der Waals surface area contributed by atoms with Gasteiger partial charge in [-0.25, -0.2) is 9.59 Å². The van der Waals surface area contributed by atoms with Crippen LogP contribution in [0.2, 0.25) is 0 Å². The minimum Gasteiger partial charge on any atom is -0.480 e. The van der Waals surface area contributed by atoms with Crippen molar-refractivity contribution in [2.45, 2.75) is 82.4 Å². The zero-order valence-electron chi connectivity index (χ0n) is 25.7. The summed E-state index contributed by atoms with van der Waals surface area (Å²) in [5.74, 6) is -1.02. The molecule has 0 saturated carbocycles. The molecule has 0 spiro atoms. The maximum Gasteiger partial charge on any atom is 0.408 e. The monoisotopic (exact) mass is 667 g/mol. The van der Waals surface area contributed by atoms with E-state index in [2.05, 4.69) is 9.68 Å². The van der Waals surface area contributed by atoms with Gasteiger partial charge in [-0.15, -0.1) is 4.36 Å². The molecule has 2 aliphatic heterocycles. The van der Waals surface area contributed by atoms with Crippen LogP contribution >= 0.6 is 0 Å². The lowest BCUT2D eigenvalue weighted by Crippen LogP contribution is -2.60. The van der Waals surface area contributed by atoms with Crippen LogP contribution in [-0.4, -0.2) is 108 Å². The van der Waals surface area contributed by atoms with Gasteiger partial charge in [0.15, 0.2) is 0 Å². The molecule has 2 saturated heterocycles. The first-order chi connectivity index (χ1) is 21.7. The summed E-state index contributed by atoms with van der Waals surface area (Å²) in [4.78, 5) is 23.9. The summed E-state index contributed by atoms with van der Waals surface area (Å²) in [6.45, 7) is 5.24. The Hall–Kier alpha value is -3.51. The fourth-order valence-electron chi connectivity index (χ4n) is 4.79. The molecule has 2 fully saturated rings. The van der Waals surface area contributed by atoms with Crippen LogP contribution in [-0.2, 0) is 30.9 Å². The van der Waals surface area contributed by atoms with Gasteiger partial charge in [-0.2, -0.15) is 8.51 Å². The molecule has 16 heteroatoms. The van der Waals surface area contributed by atoms with Crippen LogP contribution in [0.5, 0.6) is 11.5 Å². The number of aliphatic hydroxyl groups excluding tert-OH is 4. The number of hydrogen-bond acceptors (Lipinski definition) is 12. The van der Waals surface area contributed by atoms with Gasteiger partial charge in [0.1, 0.15) is 53.2 Å². The Morgan fingerprint density at radius 2 is 1.70 bits per heavy atom. The first kappa shape index (κ1) is 35.3. The van der Waals surface area contributed by atoms with E-state index >= 15 is 0 Å². The fourth-order valence-corrected chi connectivity index (χ4v) is 6.53. The molecule has 254 valence electrons. The van der Waals surface area contributed by atoms with Crippen LogP contribution in [0.4, 0.5) is 10.5 Å². The summed E-state index contributed by atoms with van der Waals surface area (Å²) in [5, 5.41) is 52.2. The first-order valence-electron chi connectivity index (χ1n) is 14.8. The topological polar surface area (TPSA) is 217 Å². The Balaban J connectivity index is 1.56. The normalized spacial score (nSPS) is 25.6. The van der Waals surface area contributed by atoms with Crippen LogP contribution in [0, 0.1) is 0 Å². The number of alkyl carbamates (subject to hydrolysis) is 1. The summed E-state index contributed by atoms with van der Waals surface area (Å²) in [6.07, 6.45) is -6.94. The second-order valence-corrected chi connectivity index (χ2v) is 13.7. The third-order valence-corrected chi connectivity index (χ3v) is 8.97. The molecule has 15 nitrogen and oxygen atoms in total. The van der Waals surface area contributed by atoms with E-state index in [1.807, 2.05) is 0 Å². The van der Waals surface area contributed by atoms with Gasteiger partial charge in [0, 0.05) is 19.5 Å². The predicted octanol–water partition coefficient (Wildman–Crippen LogP) is 1.49. The number of carboxylic acids is 1. The van der Waals surface area contributed by atoms with Gasteiger partial charge in [0.25, 0.3) is 10.2 Å². The quantitative estimate of drug-likeness (QED) is 0.201. The molecule has 1 unspecified atom stereocenters. The Morgan fingerprint density at radius 1 is 1.04 bits per heavy atom. The lowest BCUT2D eigenvalue weighted by Gasteiger charge is -2.39. The van der Waals surface area contributed by atoms with Crippen LogP contribution in [0.25, 0.3) is 0 Å². The maximum atomic E-state index is 14.4. The van der Waals surface area contributed by atoms with E-state index in [1.54, 1.807) is 49.3 Å². The number of ether oxygens (including phenoxy) is 3. The second-order valence-electron chi connectivity index (χ2n) is 11.9. The molecule has 0 aromatic heterocycles. The molecule has 0 aliphatic carbocycles. The molecule has 4 rings (SSSR count). The highest BCUT2D eigenvalue weighted by Crippen LogP contribution is 2.34. The number of hydrogen-bond donors (Lipinski definition) is 6. The van der Waals surface area contributed by atoms with E-state index < -0.39 is 71.2 Å². The van der Waals surface area contributed by atoms with Crippen LogP contribution in [0.15, 0.2) is 52.9 Å².